The summed E-state index contributed by atoms with van der Waals surface area (Å²) < 4.78 is 11.2. The fraction of sp³-hybridized carbons (Fsp3) is 0. The maximum absolute atomic E-state index is 13.1. The van der Waals surface area contributed by atoms with Crippen LogP contribution in [0, 0.1) is 0 Å². The number of para-hydroxylation sites is 3. The van der Waals surface area contributed by atoms with Gasteiger partial charge in [-0.1, -0.05) is 48.5 Å². The molecule has 0 bridgehead atoms. The Kier molecular flexibility index (Phi) is 6.43. The summed E-state index contributed by atoms with van der Waals surface area (Å²) in [6, 6.07) is 28.4. The first kappa shape index (κ1) is 20.7. The van der Waals surface area contributed by atoms with Crippen molar-refractivity contribution in [1.82, 2.24) is 5.32 Å². The number of carbonyl (C=O) groups excluding carboxylic acids is 2. The molecule has 0 radical (unpaired) electrons. The topological polar surface area (TPSA) is 80.6 Å². The van der Waals surface area contributed by atoms with E-state index in [0.717, 1.165) is 0 Å². The first-order valence-corrected chi connectivity index (χ1v) is 9.94. The van der Waals surface area contributed by atoms with E-state index in [2.05, 4.69) is 10.6 Å². The van der Waals surface area contributed by atoms with Crippen LogP contribution in [0.4, 0.5) is 5.69 Å². The highest BCUT2D eigenvalue weighted by Crippen LogP contribution is 2.29. The van der Waals surface area contributed by atoms with Crippen molar-refractivity contribution < 1.29 is 18.7 Å². The van der Waals surface area contributed by atoms with Gasteiger partial charge in [0.1, 0.15) is 17.2 Å². The number of hydrogen-bond donors (Lipinski definition) is 2. The molecule has 0 aliphatic carbocycles. The summed E-state index contributed by atoms with van der Waals surface area (Å²) in [5.74, 6) is 0.608. The summed E-state index contributed by atoms with van der Waals surface area (Å²) in [5, 5.41) is 5.48. The predicted octanol–water partition coefficient (Wildman–Crippen LogP) is 5.48. The molecule has 0 saturated heterocycles. The second-order valence-electron chi connectivity index (χ2n) is 6.76. The van der Waals surface area contributed by atoms with Crippen molar-refractivity contribution in [2.75, 3.05) is 5.32 Å². The summed E-state index contributed by atoms with van der Waals surface area (Å²) in [4.78, 5) is 25.8. The highest BCUT2D eigenvalue weighted by Gasteiger charge is 2.17. The van der Waals surface area contributed by atoms with Crippen molar-refractivity contribution in [1.29, 1.82) is 0 Å². The Morgan fingerprint density at radius 3 is 2.19 bits per heavy atom. The number of rotatable bonds is 7. The van der Waals surface area contributed by atoms with E-state index >= 15 is 0 Å². The average Bonchev–Trinajstić information content (AvgIpc) is 3.34. The number of amides is 2. The zero-order valence-electron chi connectivity index (χ0n) is 17.0. The molecule has 4 aromatic rings. The van der Waals surface area contributed by atoms with Crippen LogP contribution in [0.2, 0.25) is 0 Å². The number of carbonyl (C=O) groups is 2. The lowest BCUT2D eigenvalue weighted by molar-refractivity contribution is -0.113. The first-order valence-electron chi connectivity index (χ1n) is 9.94. The van der Waals surface area contributed by atoms with E-state index in [1.165, 1.54) is 12.3 Å². The van der Waals surface area contributed by atoms with Crippen LogP contribution in [0.5, 0.6) is 11.5 Å². The van der Waals surface area contributed by atoms with Crippen LogP contribution in [-0.2, 0) is 4.79 Å². The highest BCUT2D eigenvalue weighted by atomic mass is 16.5. The Hall–Kier alpha value is -4.58. The first-order chi connectivity index (χ1) is 15.7. The zero-order valence-corrected chi connectivity index (χ0v) is 17.0. The fourth-order valence-corrected chi connectivity index (χ4v) is 2.92. The maximum Gasteiger partial charge on any atom is 0.272 e. The molecule has 0 aliphatic rings. The van der Waals surface area contributed by atoms with Gasteiger partial charge in [-0.05, 0) is 48.5 Å². The molecule has 0 aliphatic heterocycles. The van der Waals surface area contributed by atoms with Crippen LogP contribution < -0.4 is 15.4 Å². The molecule has 0 unspecified atom stereocenters. The van der Waals surface area contributed by atoms with Gasteiger partial charge in [-0.3, -0.25) is 9.59 Å². The minimum atomic E-state index is -0.519. The summed E-state index contributed by atoms with van der Waals surface area (Å²) >= 11 is 0. The molecule has 3 aromatic carbocycles. The summed E-state index contributed by atoms with van der Waals surface area (Å²) in [6.45, 7) is 0. The van der Waals surface area contributed by atoms with E-state index in [4.69, 9.17) is 9.15 Å². The van der Waals surface area contributed by atoms with Crippen LogP contribution in [0.1, 0.15) is 16.1 Å². The molecule has 32 heavy (non-hydrogen) atoms. The van der Waals surface area contributed by atoms with E-state index < -0.39 is 11.8 Å². The van der Waals surface area contributed by atoms with Crippen LogP contribution in [-0.4, -0.2) is 11.8 Å². The van der Waals surface area contributed by atoms with Crippen LogP contribution in [0.25, 0.3) is 6.08 Å². The maximum atomic E-state index is 13.1. The van der Waals surface area contributed by atoms with Gasteiger partial charge in [0.05, 0.1) is 12.0 Å². The van der Waals surface area contributed by atoms with Crippen molar-refractivity contribution in [3.63, 3.8) is 0 Å². The third-order valence-electron chi connectivity index (χ3n) is 4.46. The van der Waals surface area contributed by atoms with Gasteiger partial charge in [-0.25, -0.2) is 0 Å². The fourth-order valence-electron chi connectivity index (χ4n) is 2.92. The third-order valence-corrected chi connectivity index (χ3v) is 4.46. The van der Waals surface area contributed by atoms with Gasteiger partial charge in [0.25, 0.3) is 11.8 Å². The van der Waals surface area contributed by atoms with Gasteiger partial charge in [0.15, 0.2) is 5.75 Å². The summed E-state index contributed by atoms with van der Waals surface area (Å²) in [6.07, 6.45) is 2.96. The average molecular weight is 424 g/mol. The van der Waals surface area contributed by atoms with Crippen molar-refractivity contribution in [3.05, 3.63) is 120 Å². The van der Waals surface area contributed by atoms with Gasteiger partial charge in [0, 0.05) is 11.6 Å². The lowest BCUT2D eigenvalue weighted by atomic mass is 10.2. The number of anilines is 1. The zero-order chi connectivity index (χ0) is 22.2. The van der Waals surface area contributed by atoms with E-state index in [-0.39, 0.29) is 5.70 Å². The van der Waals surface area contributed by atoms with Crippen LogP contribution in [0.15, 0.2) is 113 Å². The molecular weight excluding hydrogens is 404 g/mol. The van der Waals surface area contributed by atoms with E-state index in [1.807, 2.05) is 42.5 Å². The van der Waals surface area contributed by atoms with Crippen LogP contribution in [0.3, 0.4) is 0 Å². The van der Waals surface area contributed by atoms with Gasteiger partial charge in [0.2, 0.25) is 0 Å². The molecule has 1 aromatic heterocycles. The predicted molar refractivity (Wildman–Crippen MR) is 122 cm³/mol. The minimum absolute atomic E-state index is 0.0308. The summed E-state index contributed by atoms with van der Waals surface area (Å²) in [5.41, 5.74) is 0.919. The molecule has 6 heteroatoms. The Bertz CT molecular complexity index is 1220. The smallest absolute Gasteiger partial charge is 0.272 e. The quantitative estimate of drug-likeness (QED) is 0.385. The Morgan fingerprint density at radius 2 is 1.47 bits per heavy atom. The molecular formula is C26H20N2O4. The second kappa shape index (κ2) is 9.95. The number of furan rings is 1. The van der Waals surface area contributed by atoms with Gasteiger partial charge >= 0.3 is 0 Å². The Labute approximate surface area is 185 Å². The van der Waals surface area contributed by atoms with Crippen molar-refractivity contribution in [2.24, 2.45) is 0 Å². The van der Waals surface area contributed by atoms with Crippen LogP contribution >= 0.6 is 0 Å². The molecule has 158 valence electrons. The standard InChI is InChI=1S/C26H20N2O4/c29-25(19-10-3-1-4-11-19)28-23(18-21-14-9-17-31-21)26(30)27-22-15-7-8-16-24(22)32-20-12-5-2-6-13-20/h1-18H,(H,27,30)(H,28,29)/b23-18-. The van der Waals surface area contributed by atoms with Gasteiger partial charge in [-0.15, -0.1) is 0 Å². The molecule has 6 nitrogen and oxygen atoms in total. The Morgan fingerprint density at radius 1 is 0.781 bits per heavy atom. The number of hydrogen-bond acceptors (Lipinski definition) is 4. The number of ether oxygens (including phenoxy) is 1. The third kappa shape index (κ3) is 5.31. The molecule has 4 rings (SSSR count). The largest absolute Gasteiger partial charge is 0.465 e. The molecule has 0 fully saturated rings. The minimum Gasteiger partial charge on any atom is -0.465 e. The SMILES string of the molecule is O=C(Nc1ccccc1Oc1ccccc1)/C(=C/c1ccco1)NC(=O)c1ccccc1. The van der Waals surface area contributed by atoms with E-state index in [1.54, 1.807) is 54.6 Å². The van der Waals surface area contributed by atoms with Gasteiger partial charge in [-0.2, -0.15) is 0 Å². The highest BCUT2D eigenvalue weighted by molar-refractivity contribution is 6.11. The number of benzene rings is 3. The molecule has 2 N–H and O–H groups in total. The molecule has 0 saturated carbocycles. The van der Waals surface area contributed by atoms with Crippen molar-refractivity contribution >= 4 is 23.6 Å². The van der Waals surface area contributed by atoms with Crippen molar-refractivity contribution in [3.8, 4) is 11.5 Å². The summed E-state index contributed by atoms with van der Waals surface area (Å²) in [7, 11) is 0. The monoisotopic (exact) mass is 424 g/mol. The normalized spacial score (nSPS) is 10.9. The molecule has 0 atom stereocenters. The van der Waals surface area contributed by atoms with E-state index in [9.17, 15) is 9.59 Å². The number of nitrogens with one attached hydrogen (secondary N) is 2. The lowest BCUT2D eigenvalue weighted by Gasteiger charge is -2.14. The Balaban J connectivity index is 1.58. The molecule has 1 heterocycles. The molecule has 2 amide bonds. The second-order valence-corrected chi connectivity index (χ2v) is 6.76. The van der Waals surface area contributed by atoms with Gasteiger partial charge < -0.3 is 19.8 Å². The lowest BCUT2D eigenvalue weighted by Crippen LogP contribution is -2.30. The van der Waals surface area contributed by atoms with E-state index in [0.29, 0.717) is 28.5 Å². The molecule has 0 spiro atoms. The van der Waals surface area contributed by atoms with Crippen molar-refractivity contribution in [2.45, 2.75) is 0 Å².